The van der Waals surface area contributed by atoms with Crippen molar-refractivity contribution in [2.45, 2.75) is 17.2 Å². The molecule has 33 heavy (non-hydrogen) atoms. The maximum atomic E-state index is 13.0. The molecule has 0 aliphatic carbocycles. The zero-order valence-corrected chi connectivity index (χ0v) is 19.1. The predicted molar refractivity (Wildman–Crippen MR) is 132 cm³/mol. The van der Waals surface area contributed by atoms with E-state index >= 15 is 0 Å². The van der Waals surface area contributed by atoms with Crippen LogP contribution in [0.25, 0.3) is 10.8 Å². The van der Waals surface area contributed by atoms with Gasteiger partial charge < -0.3 is 9.64 Å². The van der Waals surface area contributed by atoms with Gasteiger partial charge in [0.25, 0.3) is 10.0 Å². The minimum absolute atomic E-state index is 0.168. The van der Waals surface area contributed by atoms with Gasteiger partial charge >= 0.3 is 0 Å². The summed E-state index contributed by atoms with van der Waals surface area (Å²) in [7, 11) is -2.22. The number of methoxy groups -OCH3 is 1. The molecule has 7 heteroatoms. The van der Waals surface area contributed by atoms with Gasteiger partial charge in [0.05, 0.1) is 23.9 Å². The van der Waals surface area contributed by atoms with Crippen LogP contribution in [0.15, 0.2) is 90.0 Å². The third kappa shape index (κ3) is 4.24. The Labute approximate surface area is 193 Å². The van der Waals surface area contributed by atoms with Gasteiger partial charge in [0.1, 0.15) is 11.6 Å². The summed E-state index contributed by atoms with van der Waals surface area (Å²) >= 11 is 0. The summed E-state index contributed by atoms with van der Waals surface area (Å²) in [4.78, 5) is 7.16. The molecule has 2 heterocycles. The number of pyridine rings is 1. The van der Waals surface area contributed by atoms with Crippen LogP contribution in [0.2, 0.25) is 0 Å². The van der Waals surface area contributed by atoms with Crippen LogP contribution in [0.1, 0.15) is 17.9 Å². The molecule has 5 rings (SSSR count). The number of nitrogens with one attached hydrogen (secondary N) is 1. The van der Waals surface area contributed by atoms with Gasteiger partial charge in [-0.05, 0) is 36.2 Å². The van der Waals surface area contributed by atoms with E-state index in [1.807, 2.05) is 30.3 Å². The number of aromatic nitrogens is 1. The van der Waals surface area contributed by atoms with Crippen LogP contribution >= 0.6 is 0 Å². The number of hydrogen-bond donors (Lipinski definition) is 1. The van der Waals surface area contributed by atoms with E-state index in [9.17, 15) is 8.42 Å². The fourth-order valence-corrected chi connectivity index (χ4v) is 5.48. The highest BCUT2D eigenvalue weighted by molar-refractivity contribution is 7.92. The van der Waals surface area contributed by atoms with Crippen molar-refractivity contribution in [3.8, 4) is 5.75 Å². The topological polar surface area (TPSA) is 71.5 Å². The Hall–Kier alpha value is -3.58. The van der Waals surface area contributed by atoms with Gasteiger partial charge in [0.2, 0.25) is 0 Å². The molecule has 0 unspecified atom stereocenters. The number of ether oxygens (including phenoxy) is 1. The van der Waals surface area contributed by atoms with Crippen molar-refractivity contribution in [1.82, 2.24) is 4.98 Å². The maximum Gasteiger partial charge on any atom is 0.261 e. The number of rotatable bonds is 6. The molecule has 1 atom stereocenters. The summed E-state index contributed by atoms with van der Waals surface area (Å²) in [5, 5.41) is 1.75. The fourth-order valence-electron chi connectivity index (χ4n) is 4.42. The van der Waals surface area contributed by atoms with Gasteiger partial charge in [0, 0.05) is 29.8 Å². The second kappa shape index (κ2) is 8.75. The highest BCUT2D eigenvalue weighted by atomic mass is 32.2. The molecule has 0 saturated carbocycles. The minimum atomic E-state index is -3.77. The summed E-state index contributed by atoms with van der Waals surface area (Å²) < 4.78 is 33.8. The van der Waals surface area contributed by atoms with E-state index in [-0.39, 0.29) is 4.90 Å². The van der Waals surface area contributed by atoms with Gasteiger partial charge in [0.15, 0.2) is 0 Å². The Balaban J connectivity index is 1.45. The van der Waals surface area contributed by atoms with Crippen LogP contribution in [0, 0.1) is 0 Å². The molecule has 0 spiro atoms. The lowest BCUT2D eigenvalue weighted by Gasteiger charge is -2.21. The van der Waals surface area contributed by atoms with Crippen LogP contribution in [-0.2, 0) is 10.0 Å². The van der Waals surface area contributed by atoms with E-state index in [4.69, 9.17) is 9.72 Å². The normalized spacial score (nSPS) is 16.2. The molecule has 1 aliphatic rings. The number of nitrogens with zero attached hydrogens (tertiary/aromatic N) is 2. The van der Waals surface area contributed by atoms with Crippen LogP contribution in [0.5, 0.6) is 5.75 Å². The molecule has 1 saturated heterocycles. The van der Waals surface area contributed by atoms with E-state index in [0.29, 0.717) is 17.4 Å². The third-order valence-corrected chi connectivity index (χ3v) is 7.53. The van der Waals surface area contributed by atoms with Gasteiger partial charge in [-0.3, -0.25) is 4.72 Å². The summed E-state index contributed by atoms with van der Waals surface area (Å²) in [5.41, 5.74) is 1.80. The first-order chi connectivity index (χ1) is 16.0. The largest absolute Gasteiger partial charge is 0.497 e. The zero-order chi connectivity index (χ0) is 22.8. The molecular formula is C26H25N3O3S. The molecule has 4 aromatic rings. The smallest absolute Gasteiger partial charge is 0.261 e. The Morgan fingerprint density at radius 1 is 0.939 bits per heavy atom. The summed E-state index contributed by atoms with van der Waals surface area (Å²) in [5.74, 6) is 1.95. The highest BCUT2D eigenvalue weighted by Crippen LogP contribution is 2.36. The van der Waals surface area contributed by atoms with E-state index in [1.54, 1.807) is 25.4 Å². The quantitative estimate of drug-likeness (QED) is 0.437. The number of benzene rings is 3. The van der Waals surface area contributed by atoms with E-state index in [1.165, 1.54) is 17.7 Å². The van der Waals surface area contributed by atoms with Crippen LogP contribution in [-0.4, -0.2) is 33.6 Å². The molecule has 6 nitrogen and oxygen atoms in total. The SMILES string of the molecule is COc1ccc(S(=O)(=O)Nc2cnc(N3CC[C@H](c4ccccc4)C3)c3ccccc23)cc1. The number of anilines is 2. The predicted octanol–water partition coefficient (Wildman–Crippen LogP) is 5.04. The second-order valence-electron chi connectivity index (χ2n) is 8.16. The van der Waals surface area contributed by atoms with E-state index in [2.05, 4.69) is 33.9 Å². The number of fused-ring (bicyclic) bond motifs is 1. The lowest BCUT2D eigenvalue weighted by Crippen LogP contribution is -2.21. The first kappa shape index (κ1) is 21.3. The minimum Gasteiger partial charge on any atom is -0.497 e. The zero-order valence-electron chi connectivity index (χ0n) is 18.3. The van der Waals surface area contributed by atoms with Gasteiger partial charge in [-0.15, -0.1) is 0 Å². The molecule has 0 radical (unpaired) electrons. The van der Waals surface area contributed by atoms with Gasteiger partial charge in [-0.2, -0.15) is 0 Å². The second-order valence-corrected chi connectivity index (χ2v) is 9.85. The Bertz CT molecular complexity index is 1370. The molecule has 1 fully saturated rings. The molecule has 1 aromatic heterocycles. The maximum absolute atomic E-state index is 13.0. The Morgan fingerprint density at radius 3 is 2.36 bits per heavy atom. The summed E-state index contributed by atoms with van der Waals surface area (Å²) in [6.45, 7) is 1.80. The third-order valence-electron chi connectivity index (χ3n) is 6.15. The van der Waals surface area contributed by atoms with Crippen molar-refractivity contribution < 1.29 is 13.2 Å². The molecule has 1 aliphatic heterocycles. The summed E-state index contributed by atoms with van der Waals surface area (Å²) in [6, 6.07) is 24.7. The van der Waals surface area contributed by atoms with Crippen LogP contribution in [0.3, 0.4) is 0 Å². The molecule has 168 valence electrons. The first-order valence-electron chi connectivity index (χ1n) is 10.9. The summed E-state index contributed by atoms with van der Waals surface area (Å²) in [6.07, 6.45) is 2.68. The Morgan fingerprint density at radius 2 is 1.64 bits per heavy atom. The molecule has 3 aromatic carbocycles. The fraction of sp³-hybridized carbons (Fsp3) is 0.192. The van der Waals surface area contributed by atoms with Gasteiger partial charge in [-0.1, -0.05) is 54.6 Å². The van der Waals surface area contributed by atoms with Crippen molar-refractivity contribution in [1.29, 1.82) is 0 Å². The molecule has 0 bridgehead atoms. The van der Waals surface area contributed by atoms with E-state index in [0.717, 1.165) is 36.1 Å². The Kier molecular flexibility index (Phi) is 5.64. The van der Waals surface area contributed by atoms with Crippen molar-refractivity contribution >= 4 is 32.3 Å². The average Bonchev–Trinajstić information content (AvgIpc) is 3.35. The average molecular weight is 460 g/mol. The van der Waals surface area contributed by atoms with Crippen molar-refractivity contribution in [3.63, 3.8) is 0 Å². The van der Waals surface area contributed by atoms with Crippen molar-refractivity contribution in [2.24, 2.45) is 0 Å². The van der Waals surface area contributed by atoms with Gasteiger partial charge in [-0.25, -0.2) is 13.4 Å². The monoisotopic (exact) mass is 459 g/mol. The number of hydrogen-bond acceptors (Lipinski definition) is 5. The van der Waals surface area contributed by atoms with Crippen molar-refractivity contribution in [2.75, 3.05) is 29.8 Å². The number of sulfonamides is 1. The van der Waals surface area contributed by atoms with Crippen LogP contribution in [0.4, 0.5) is 11.5 Å². The lowest BCUT2D eigenvalue weighted by molar-refractivity contribution is 0.414. The lowest BCUT2D eigenvalue weighted by atomic mass is 9.99. The van der Waals surface area contributed by atoms with Crippen molar-refractivity contribution in [3.05, 3.63) is 90.6 Å². The molecular weight excluding hydrogens is 434 g/mol. The molecule has 1 N–H and O–H groups in total. The molecule has 0 amide bonds. The van der Waals surface area contributed by atoms with E-state index < -0.39 is 10.0 Å². The first-order valence-corrected chi connectivity index (χ1v) is 12.4. The highest BCUT2D eigenvalue weighted by Gasteiger charge is 2.26. The standard InChI is InChI=1S/C26H25N3O3S/c1-32-21-11-13-22(14-12-21)33(30,31)28-25-17-27-26(24-10-6-5-9-23(24)25)29-16-15-20(18-29)19-7-3-2-4-8-19/h2-14,17,20,28H,15-16,18H2,1H3/t20-/m0/s1. The van der Waals surface area contributed by atoms with Crippen LogP contribution < -0.4 is 14.4 Å².